The number of rotatable bonds is 7. The SMILES string of the molecule is COc1cc(Br)cc(CNC2C3CC4CC(C3)CC2C4)c1OCc1ccccc1. The van der Waals surface area contributed by atoms with Gasteiger partial charge in [0.25, 0.3) is 0 Å². The zero-order valence-corrected chi connectivity index (χ0v) is 18.7. The van der Waals surface area contributed by atoms with Crippen LogP contribution < -0.4 is 14.8 Å². The Hall–Kier alpha value is -1.52. The minimum Gasteiger partial charge on any atom is -0.493 e. The maximum atomic E-state index is 6.27. The predicted octanol–water partition coefficient (Wildman–Crippen LogP) is 5.95. The lowest BCUT2D eigenvalue weighted by atomic mass is 9.54. The number of ether oxygens (including phenoxy) is 2. The molecule has 1 N–H and O–H groups in total. The van der Waals surface area contributed by atoms with E-state index >= 15 is 0 Å². The molecule has 0 aliphatic heterocycles. The van der Waals surface area contributed by atoms with Gasteiger partial charge in [-0.1, -0.05) is 46.3 Å². The second-order valence-corrected chi connectivity index (χ2v) is 10.1. The Morgan fingerprint density at radius 3 is 2.31 bits per heavy atom. The van der Waals surface area contributed by atoms with Gasteiger partial charge < -0.3 is 14.8 Å². The molecule has 4 aliphatic rings. The number of hydrogen-bond acceptors (Lipinski definition) is 3. The Kier molecular flexibility index (Phi) is 5.57. The molecule has 3 nitrogen and oxygen atoms in total. The first-order chi connectivity index (χ1) is 14.2. The summed E-state index contributed by atoms with van der Waals surface area (Å²) in [6.45, 7) is 1.37. The van der Waals surface area contributed by atoms with Crippen molar-refractivity contribution in [1.82, 2.24) is 5.32 Å². The van der Waals surface area contributed by atoms with Crippen molar-refractivity contribution >= 4 is 15.9 Å². The van der Waals surface area contributed by atoms with E-state index in [1.807, 2.05) is 24.3 Å². The minimum atomic E-state index is 0.546. The third kappa shape index (κ3) is 4.06. The zero-order chi connectivity index (χ0) is 19.8. The fraction of sp³-hybridized carbons (Fsp3) is 0.520. The first-order valence-corrected chi connectivity index (χ1v) is 11.8. The zero-order valence-electron chi connectivity index (χ0n) is 17.1. The van der Waals surface area contributed by atoms with Gasteiger partial charge in [-0.15, -0.1) is 0 Å². The molecule has 2 aromatic carbocycles. The van der Waals surface area contributed by atoms with Gasteiger partial charge in [0.05, 0.1) is 7.11 Å². The molecule has 6 rings (SSSR count). The normalized spacial score (nSPS) is 29.8. The molecule has 0 amide bonds. The van der Waals surface area contributed by atoms with E-state index in [4.69, 9.17) is 9.47 Å². The summed E-state index contributed by atoms with van der Waals surface area (Å²) in [5.74, 6) is 5.40. The van der Waals surface area contributed by atoms with Crippen molar-refractivity contribution in [2.75, 3.05) is 7.11 Å². The summed E-state index contributed by atoms with van der Waals surface area (Å²) < 4.78 is 13.0. The minimum absolute atomic E-state index is 0.546. The van der Waals surface area contributed by atoms with E-state index in [0.717, 1.165) is 51.8 Å². The molecule has 0 radical (unpaired) electrons. The molecule has 2 aromatic rings. The van der Waals surface area contributed by atoms with Gasteiger partial charge in [0.2, 0.25) is 0 Å². The molecule has 0 spiro atoms. The van der Waals surface area contributed by atoms with Crippen molar-refractivity contribution in [2.45, 2.75) is 51.3 Å². The Labute approximate surface area is 182 Å². The van der Waals surface area contributed by atoms with Crippen LogP contribution in [0.25, 0.3) is 0 Å². The summed E-state index contributed by atoms with van der Waals surface area (Å²) in [5.41, 5.74) is 2.33. The molecule has 29 heavy (non-hydrogen) atoms. The Morgan fingerprint density at radius 1 is 0.966 bits per heavy atom. The van der Waals surface area contributed by atoms with Crippen molar-refractivity contribution in [3.63, 3.8) is 0 Å². The first kappa shape index (κ1) is 19.4. The highest BCUT2D eigenvalue weighted by Crippen LogP contribution is 2.53. The third-order valence-corrected chi connectivity index (χ3v) is 7.76. The number of benzene rings is 2. The maximum absolute atomic E-state index is 6.27. The van der Waals surface area contributed by atoms with E-state index < -0.39 is 0 Å². The molecular weight excluding hydrogens is 426 g/mol. The Morgan fingerprint density at radius 2 is 1.66 bits per heavy atom. The highest BCUT2D eigenvalue weighted by atomic mass is 79.9. The lowest BCUT2D eigenvalue weighted by Crippen LogP contribution is -2.54. The average Bonchev–Trinajstić information content (AvgIpc) is 2.72. The van der Waals surface area contributed by atoms with Gasteiger partial charge in [-0.2, -0.15) is 0 Å². The topological polar surface area (TPSA) is 30.5 Å². The molecule has 4 bridgehead atoms. The molecule has 0 unspecified atom stereocenters. The van der Waals surface area contributed by atoms with E-state index in [1.165, 1.54) is 37.7 Å². The van der Waals surface area contributed by atoms with Crippen molar-refractivity contribution in [3.8, 4) is 11.5 Å². The van der Waals surface area contributed by atoms with Gasteiger partial charge in [-0.3, -0.25) is 0 Å². The van der Waals surface area contributed by atoms with Gasteiger partial charge in [0.1, 0.15) is 6.61 Å². The summed E-state index contributed by atoms with van der Waals surface area (Å²) in [5, 5.41) is 3.94. The summed E-state index contributed by atoms with van der Waals surface area (Å²) in [4.78, 5) is 0. The highest BCUT2D eigenvalue weighted by molar-refractivity contribution is 9.10. The van der Waals surface area contributed by atoms with Crippen LogP contribution in [0.1, 0.15) is 43.2 Å². The van der Waals surface area contributed by atoms with E-state index in [9.17, 15) is 0 Å². The smallest absolute Gasteiger partial charge is 0.166 e. The second kappa shape index (κ2) is 8.31. The van der Waals surface area contributed by atoms with E-state index in [-0.39, 0.29) is 0 Å². The van der Waals surface area contributed by atoms with Crippen LogP contribution >= 0.6 is 15.9 Å². The van der Waals surface area contributed by atoms with Crippen molar-refractivity contribution in [3.05, 3.63) is 58.1 Å². The number of halogens is 1. The largest absolute Gasteiger partial charge is 0.493 e. The quantitative estimate of drug-likeness (QED) is 0.559. The monoisotopic (exact) mass is 455 g/mol. The summed E-state index contributed by atoms with van der Waals surface area (Å²) in [6.07, 6.45) is 7.24. The number of methoxy groups -OCH3 is 1. The van der Waals surface area contributed by atoms with Gasteiger partial charge in [0.15, 0.2) is 11.5 Å². The summed E-state index contributed by atoms with van der Waals surface area (Å²) in [7, 11) is 1.71. The fourth-order valence-electron chi connectivity index (χ4n) is 6.29. The highest BCUT2D eigenvalue weighted by Gasteiger charge is 2.47. The molecule has 4 fully saturated rings. The molecule has 4 aliphatic carbocycles. The van der Waals surface area contributed by atoms with Crippen molar-refractivity contribution in [2.24, 2.45) is 23.7 Å². The van der Waals surface area contributed by atoms with Crippen LogP contribution in [0.5, 0.6) is 11.5 Å². The van der Waals surface area contributed by atoms with Crippen molar-refractivity contribution in [1.29, 1.82) is 0 Å². The van der Waals surface area contributed by atoms with Crippen molar-refractivity contribution < 1.29 is 9.47 Å². The molecule has 4 saturated carbocycles. The molecule has 0 heterocycles. The van der Waals surface area contributed by atoms with Crippen LogP contribution in [-0.2, 0) is 13.2 Å². The van der Waals surface area contributed by atoms with Crippen LogP contribution in [0.4, 0.5) is 0 Å². The van der Waals surface area contributed by atoms with E-state index in [0.29, 0.717) is 12.6 Å². The van der Waals surface area contributed by atoms with Gasteiger partial charge in [-0.05, 0) is 73.5 Å². The van der Waals surface area contributed by atoms with E-state index in [1.54, 1.807) is 7.11 Å². The van der Waals surface area contributed by atoms with Gasteiger partial charge >= 0.3 is 0 Å². The standard InChI is InChI=1S/C25H30BrNO2/c1-28-23-13-22(26)12-21(25(23)29-15-16-5-3-2-4-6-16)14-27-24-19-8-17-7-18(10-19)11-20(24)9-17/h2-6,12-13,17-20,24,27H,7-11,14-15H2,1H3. The molecule has 154 valence electrons. The molecular formula is C25H30BrNO2. The molecule has 4 heteroatoms. The number of nitrogens with one attached hydrogen (secondary N) is 1. The maximum Gasteiger partial charge on any atom is 0.166 e. The molecule has 0 aromatic heterocycles. The van der Waals surface area contributed by atoms with Crippen LogP contribution in [0.3, 0.4) is 0 Å². The summed E-state index contributed by atoms with van der Waals surface area (Å²) >= 11 is 3.65. The van der Waals surface area contributed by atoms with Gasteiger partial charge in [0, 0.05) is 22.6 Å². The first-order valence-electron chi connectivity index (χ1n) is 11.0. The lowest BCUT2D eigenvalue weighted by molar-refractivity contribution is -0.0143. The number of hydrogen-bond donors (Lipinski definition) is 1. The Balaban J connectivity index is 1.33. The Bertz CT molecular complexity index is 825. The molecule has 0 atom stereocenters. The van der Waals surface area contributed by atoms with Crippen LogP contribution in [0.2, 0.25) is 0 Å². The lowest BCUT2D eigenvalue weighted by Gasteiger charge is -2.54. The van der Waals surface area contributed by atoms with E-state index in [2.05, 4.69) is 39.4 Å². The van der Waals surface area contributed by atoms with Gasteiger partial charge in [-0.25, -0.2) is 0 Å². The molecule has 0 saturated heterocycles. The van der Waals surface area contributed by atoms with Crippen LogP contribution in [-0.4, -0.2) is 13.2 Å². The third-order valence-electron chi connectivity index (χ3n) is 7.30. The predicted molar refractivity (Wildman–Crippen MR) is 119 cm³/mol. The second-order valence-electron chi connectivity index (χ2n) is 9.21. The summed E-state index contributed by atoms with van der Waals surface area (Å²) in [6, 6.07) is 15.1. The average molecular weight is 456 g/mol. The van der Waals surface area contributed by atoms with Crippen LogP contribution in [0.15, 0.2) is 46.9 Å². The van der Waals surface area contributed by atoms with Crippen LogP contribution in [0, 0.1) is 23.7 Å². The fourth-order valence-corrected chi connectivity index (χ4v) is 6.77.